The molecule has 0 unspecified atom stereocenters. The van der Waals surface area contributed by atoms with Crippen molar-refractivity contribution in [3.8, 4) is 0 Å². The molecule has 1 aromatic heterocycles. The highest BCUT2D eigenvalue weighted by atomic mass is 79.9. The Morgan fingerprint density at radius 3 is 2.89 bits per heavy atom. The first-order valence-corrected chi connectivity index (χ1v) is 8.62. The highest BCUT2D eigenvalue weighted by Crippen LogP contribution is 2.33. The molecule has 1 heterocycles. The van der Waals surface area contributed by atoms with E-state index in [2.05, 4.69) is 39.1 Å². The SMILES string of the molecule is Clc1ccc2sc(SCc3ccccc3Br)nc2c1. The predicted octanol–water partition coefficient (Wildman–Crippen LogP) is 6.00. The Morgan fingerprint density at radius 1 is 1.21 bits per heavy atom. The first-order chi connectivity index (χ1) is 9.22. The van der Waals surface area contributed by atoms with Crippen molar-refractivity contribution in [1.29, 1.82) is 0 Å². The molecule has 96 valence electrons. The number of aromatic nitrogens is 1. The number of rotatable bonds is 3. The summed E-state index contributed by atoms with van der Waals surface area (Å²) in [6.07, 6.45) is 0. The summed E-state index contributed by atoms with van der Waals surface area (Å²) in [4.78, 5) is 4.60. The van der Waals surface area contributed by atoms with Crippen LogP contribution < -0.4 is 0 Å². The van der Waals surface area contributed by atoms with E-state index >= 15 is 0 Å². The van der Waals surface area contributed by atoms with Gasteiger partial charge in [-0.05, 0) is 29.8 Å². The summed E-state index contributed by atoms with van der Waals surface area (Å²) >= 11 is 13.0. The lowest BCUT2D eigenvalue weighted by Crippen LogP contribution is -1.81. The second-order valence-corrected chi connectivity index (χ2v) is 7.52. The minimum atomic E-state index is 0.736. The van der Waals surface area contributed by atoms with Crippen LogP contribution in [0, 0.1) is 0 Å². The van der Waals surface area contributed by atoms with Crippen LogP contribution >= 0.6 is 50.6 Å². The van der Waals surface area contributed by atoms with Gasteiger partial charge in [0.1, 0.15) is 0 Å². The molecule has 0 aliphatic heterocycles. The molecule has 5 heteroatoms. The molecule has 0 spiro atoms. The number of fused-ring (bicyclic) bond motifs is 1. The molecule has 0 radical (unpaired) electrons. The summed E-state index contributed by atoms with van der Waals surface area (Å²) in [5.41, 5.74) is 2.26. The summed E-state index contributed by atoms with van der Waals surface area (Å²) in [6.45, 7) is 0. The quantitative estimate of drug-likeness (QED) is 0.524. The van der Waals surface area contributed by atoms with Gasteiger partial charge in [-0.25, -0.2) is 4.98 Å². The third-order valence-electron chi connectivity index (χ3n) is 2.64. The molecule has 0 saturated heterocycles. The van der Waals surface area contributed by atoms with Crippen molar-refractivity contribution in [2.45, 2.75) is 10.1 Å². The fraction of sp³-hybridized carbons (Fsp3) is 0.0714. The Morgan fingerprint density at radius 2 is 2.05 bits per heavy atom. The highest BCUT2D eigenvalue weighted by molar-refractivity contribution is 9.10. The van der Waals surface area contributed by atoms with E-state index in [4.69, 9.17) is 11.6 Å². The third-order valence-corrected chi connectivity index (χ3v) is 5.88. The van der Waals surface area contributed by atoms with E-state index in [0.717, 1.165) is 25.1 Å². The zero-order chi connectivity index (χ0) is 13.2. The fourth-order valence-corrected chi connectivity index (χ4v) is 4.53. The smallest absolute Gasteiger partial charge is 0.151 e. The van der Waals surface area contributed by atoms with E-state index in [1.807, 2.05) is 24.3 Å². The Hall–Kier alpha value is -0.550. The normalized spacial score (nSPS) is 11.1. The molecule has 0 bridgehead atoms. The third kappa shape index (κ3) is 3.14. The van der Waals surface area contributed by atoms with Gasteiger partial charge in [-0.3, -0.25) is 0 Å². The molecular formula is C14H9BrClNS2. The maximum atomic E-state index is 5.97. The summed E-state index contributed by atoms with van der Waals surface area (Å²) < 4.78 is 3.40. The topological polar surface area (TPSA) is 12.9 Å². The molecule has 1 nitrogen and oxygen atoms in total. The number of thioether (sulfide) groups is 1. The summed E-state index contributed by atoms with van der Waals surface area (Å²) in [6, 6.07) is 14.1. The largest absolute Gasteiger partial charge is 0.230 e. The molecule has 19 heavy (non-hydrogen) atoms. The van der Waals surface area contributed by atoms with Crippen molar-refractivity contribution in [2.75, 3.05) is 0 Å². The second kappa shape index (κ2) is 5.83. The van der Waals surface area contributed by atoms with Crippen LogP contribution in [0.3, 0.4) is 0 Å². The molecule has 0 amide bonds. The van der Waals surface area contributed by atoms with Gasteiger partial charge in [-0.2, -0.15) is 0 Å². The predicted molar refractivity (Wildman–Crippen MR) is 88.3 cm³/mol. The molecule has 3 aromatic rings. The average molecular weight is 371 g/mol. The average Bonchev–Trinajstić information content (AvgIpc) is 2.79. The monoisotopic (exact) mass is 369 g/mol. The Labute approximate surface area is 133 Å². The van der Waals surface area contributed by atoms with Crippen molar-refractivity contribution in [2.24, 2.45) is 0 Å². The highest BCUT2D eigenvalue weighted by Gasteiger charge is 2.06. The van der Waals surface area contributed by atoms with Crippen molar-refractivity contribution in [3.05, 3.63) is 57.5 Å². The standard InChI is InChI=1S/C14H9BrClNS2/c15-11-4-2-1-3-9(11)8-18-14-17-12-7-10(16)5-6-13(12)19-14/h1-7H,8H2. The molecule has 0 aliphatic carbocycles. The molecule has 0 fully saturated rings. The van der Waals surface area contributed by atoms with Crippen LogP contribution in [0.25, 0.3) is 10.2 Å². The lowest BCUT2D eigenvalue weighted by Gasteiger charge is -2.01. The van der Waals surface area contributed by atoms with E-state index in [9.17, 15) is 0 Å². The number of thiazole rings is 1. The van der Waals surface area contributed by atoms with Crippen molar-refractivity contribution < 1.29 is 0 Å². The maximum absolute atomic E-state index is 5.97. The Bertz CT molecular complexity index is 726. The van der Waals surface area contributed by atoms with Crippen molar-refractivity contribution in [1.82, 2.24) is 4.98 Å². The van der Waals surface area contributed by atoms with Crippen LogP contribution in [0.4, 0.5) is 0 Å². The van der Waals surface area contributed by atoms with Crippen LogP contribution in [0.15, 0.2) is 51.3 Å². The number of halogens is 2. The van der Waals surface area contributed by atoms with Crippen LogP contribution in [0.2, 0.25) is 5.02 Å². The summed E-state index contributed by atoms with van der Waals surface area (Å²) in [5, 5.41) is 0.736. The van der Waals surface area contributed by atoms with Gasteiger partial charge in [0.05, 0.1) is 10.2 Å². The molecule has 0 atom stereocenters. The fourth-order valence-electron chi connectivity index (χ4n) is 1.70. The van der Waals surface area contributed by atoms with Gasteiger partial charge < -0.3 is 0 Å². The lowest BCUT2D eigenvalue weighted by atomic mass is 10.2. The van der Waals surface area contributed by atoms with Crippen molar-refractivity contribution >= 4 is 60.8 Å². The summed E-state index contributed by atoms with van der Waals surface area (Å²) in [7, 11) is 0. The second-order valence-electron chi connectivity index (χ2n) is 3.97. The van der Waals surface area contributed by atoms with Gasteiger partial charge in [-0.15, -0.1) is 11.3 Å². The van der Waals surface area contributed by atoms with E-state index in [-0.39, 0.29) is 0 Å². The molecule has 3 rings (SSSR count). The van der Waals surface area contributed by atoms with Gasteiger partial charge in [-0.1, -0.05) is 57.5 Å². The number of nitrogens with zero attached hydrogens (tertiary/aromatic N) is 1. The van der Waals surface area contributed by atoms with Gasteiger partial charge in [0, 0.05) is 15.2 Å². The van der Waals surface area contributed by atoms with E-state index in [0.29, 0.717) is 0 Å². The molecule has 0 aliphatic rings. The van der Waals surface area contributed by atoms with E-state index in [1.165, 1.54) is 10.3 Å². The first kappa shape index (κ1) is 13.4. The zero-order valence-electron chi connectivity index (χ0n) is 9.77. The van der Waals surface area contributed by atoms with E-state index < -0.39 is 0 Å². The molecule has 0 saturated carbocycles. The minimum absolute atomic E-state index is 0.736. The minimum Gasteiger partial charge on any atom is -0.230 e. The number of benzene rings is 2. The zero-order valence-corrected chi connectivity index (χ0v) is 13.7. The first-order valence-electron chi connectivity index (χ1n) is 5.65. The maximum Gasteiger partial charge on any atom is 0.151 e. The summed E-state index contributed by atoms with van der Waals surface area (Å²) in [5.74, 6) is 0.912. The van der Waals surface area contributed by atoms with Gasteiger partial charge >= 0.3 is 0 Å². The van der Waals surface area contributed by atoms with Crippen LogP contribution in [-0.2, 0) is 5.75 Å². The van der Waals surface area contributed by atoms with Gasteiger partial charge in [0.25, 0.3) is 0 Å². The Balaban J connectivity index is 1.80. The lowest BCUT2D eigenvalue weighted by molar-refractivity contribution is 1.28. The van der Waals surface area contributed by atoms with Gasteiger partial charge in [0.15, 0.2) is 4.34 Å². The van der Waals surface area contributed by atoms with E-state index in [1.54, 1.807) is 23.1 Å². The van der Waals surface area contributed by atoms with Crippen molar-refractivity contribution in [3.63, 3.8) is 0 Å². The molecular weight excluding hydrogens is 362 g/mol. The molecule has 0 N–H and O–H groups in total. The van der Waals surface area contributed by atoms with Crippen LogP contribution in [-0.4, -0.2) is 4.98 Å². The molecule has 2 aromatic carbocycles. The van der Waals surface area contributed by atoms with Crippen LogP contribution in [0.1, 0.15) is 5.56 Å². The van der Waals surface area contributed by atoms with Crippen LogP contribution in [0.5, 0.6) is 0 Å². The van der Waals surface area contributed by atoms with Gasteiger partial charge in [0.2, 0.25) is 0 Å². The number of hydrogen-bond acceptors (Lipinski definition) is 3. The number of hydrogen-bond donors (Lipinski definition) is 0. The Kier molecular flexibility index (Phi) is 4.12.